The lowest BCUT2D eigenvalue weighted by Crippen LogP contribution is -2.23. The van der Waals surface area contributed by atoms with Gasteiger partial charge < -0.3 is 15.5 Å². The first-order valence-corrected chi connectivity index (χ1v) is 5.84. The molecule has 1 heterocycles. The van der Waals surface area contributed by atoms with Crippen LogP contribution in [0.15, 0.2) is 51.9 Å². The SMILES string of the molecule is NCc1ccc(CNC(=O)c2ccc(=O)oc2)cc1. The van der Waals surface area contributed by atoms with Crippen LogP contribution in [-0.2, 0) is 13.1 Å². The quantitative estimate of drug-likeness (QED) is 0.857. The van der Waals surface area contributed by atoms with Gasteiger partial charge in [0.05, 0.1) is 5.56 Å². The van der Waals surface area contributed by atoms with E-state index in [1.54, 1.807) is 0 Å². The minimum absolute atomic E-state index is 0.286. The highest BCUT2D eigenvalue weighted by atomic mass is 16.4. The predicted octanol–water partition coefficient (Wildman–Crippen LogP) is 1.03. The maximum Gasteiger partial charge on any atom is 0.335 e. The number of rotatable bonds is 4. The Morgan fingerprint density at radius 2 is 1.79 bits per heavy atom. The lowest BCUT2D eigenvalue weighted by Gasteiger charge is -2.05. The van der Waals surface area contributed by atoms with Crippen LogP contribution in [0.3, 0.4) is 0 Å². The summed E-state index contributed by atoms with van der Waals surface area (Å²) in [5, 5.41) is 2.74. The number of hydrogen-bond donors (Lipinski definition) is 2. The molecule has 2 aromatic rings. The van der Waals surface area contributed by atoms with E-state index in [-0.39, 0.29) is 5.91 Å². The van der Waals surface area contributed by atoms with Crippen molar-refractivity contribution < 1.29 is 9.21 Å². The molecule has 1 amide bonds. The molecule has 1 aromatic carbocycles. The average Bonchev–Trinajstić information content (AvgIpc) is 2.46. The zero-order valence-corrected chi connectivity index (χ0v) is 10.3. The highest BCUT2D eigenvalue weighted by Crippen LogP contribution is 2.04. The van der Waals surface area contributed by atoms with Crippen LogP contribution in [-0.4, -0.2) is 5.91 Å². The van der Waals surface area contributed by atoms with E-state index in [4.69, 9.17) is 5.73 Å². The van der Waals surface area contributed by atoms with Crippen LogP contribution in [0, 0.1) is 0 Å². The lowest BCUT2D eigenvalue weighted by atomic mass is 10.1. The van der Waals surface area contributed by atoms with Gasteiger partial charge in [-0.2, -0.15) is 0 Å². The monoisotopic (exact) mass is 258 g/mol. The fourth-order valence-corrected chi connectivity index (χ4v) is 1.56. The Morgan fingerprint density at radius 1 is 1.11 bits per heavy atom. The van der Waals surface area contributed by atoms with Crippen LogP contribution >= 0.6 is 0 Å². The molecule has 0 saturated heterocycles. The summed E-state index contributed by atoms with van der Waals surface area (Å²) in [5.74, 6) is -0.286. The summed E-state index contributed by atoms with van der Waals surface area (Å²) in [6.07, 6.45) is 1.15. The van der Waals surface area contributed by atoms with Gasteiger partial charge in [0.15, 0.2) is 0 Å². The average molecular weight is 258 g/mol. The van der Waals surface area contributed by atoms with Crippen LogP contribution in [0.1, 0.15) is 21.5 Å². The number of carbonyl (C=O) groups is 1. The number of benzene rings is 1. The van der Waals surface area contributed by atoms with Gasteiger partial charge in [-0.05, 0) is 17.2 Å². The molecule has 0 unspecified atom stereocenters. The van der Waals surface area contributed by atoms with Crippen LogP contribution in [0.2, 0.25) is 0 Å². The van der Waals surface area contributed by atoms with E-state index < -0.39 is 5.63 Å². The van der Waals surface area contributed by atoms with Crippen molar-refractivity contribution >= 4 is 5.91 Å². The third kappa shape index (κ3) is 3.53. The zero-order chi connectivity index (χ0) is 13.7. The highest BCUT2D eigenvalue weighted by molar-refractivity contribution is 5.93. The molecule has 0 aliphatic heterocycles. The summed E-state index contributed by atoms with van der Waals surface area (Å²) in [4.78, 5) is 22.5. The van der Waals surface area contributed by atoms with Crippen molar-refractivity contribution in [2.75, 3.05) is 0 Å². The molecular weight excluding hydrogens is 244 g/mol. The first-order chi connectivity index (χ1) is 9.19. The van der Waals surface area contributed by atoms with Gasteiger partial charge in [-0.25, -0.2) is 4.79 Å². The van der Waals surface area contributed by atoms with Crippen molar-refractivity contribution in [2.24, 2.45) is 5.73 Å². The van der Waals surface area contributed by atoms with Crippen molar-refractivity contribution in [3.05, 3.63) is 69.8 Å². The van der Waals surface area contributed by atoms with Gasteiger partial charge >= 0.3 is 5.63 Å². The van der Waals surface area contributed by atoms with Gasteiger partial charge in [-0.15, -0.1) is 0 Å². The molecule has 0 aliphatic rings. The normalized spacial score (nSPS) is 10.2. The fourth-order valence-electron chi connectivity index (χ4n) is 1.56. The standard InChI is InChI=1S/C14H14N2O3/c15-7-10-1-3-11(4-2-10)8-16-14(18)12-5-6-13(17)19-9-12/h1-6,9H,7-8,15H2,(H,16,18). The molecular formula is C14H14N2O3. The predicted molar refractivity (Wildman–Crippen MR) is 70.5 cm³/mol. The Labute approximate surface area is 110 Å². The van der Waals surface area contributed by atoms with Crippen LogP contribution in [0.5, 0.6) is 0 Å². The Hall–Kier alpha value is -2.40. The second-order valence-electron chi connectivity index (χ2n) is 4.05. The van der Waals surface area contributed by atoms with Gasteiger partial charge in [-0.3, -0.25) is 4.79 Å². The second-order valence-corrected chi connectivity index (χ2v) is 4.05. The summed E-state index contributed by atoms with van der Waals surface area (Å²) in [5.41, 5.74) is 7.36. The van der Waals surface area contributed by atoms with Crippen molar-refractivity contribution in [2.45, 2.75) is 13.1 Å². The van der Waals surface area contributed by atoms with Gasteiger partial charge in [0.25, 0.3) is 5.91 Å². The molecule has 5 nitrogen and oxygen atoms in total. The highest BCUT2D eigenvalue weighted by Gasteiger charge is 2.05. The van der Waals surface area contributed by atoms with E-state index in [1.165, 1.54) is 12.1 Å². The molecule has 2 rings (SSSR count). The van der Waals surface area contributed by atoms with Crippen LogP contribution in [0.4, 0.5) is 0 Å². The van der Waals surface area contributed by atoms with E-state index in [2.05, 4.69) is 9.73 Å². The fraction of sp³-hybridized carbons (Fsp3) is 0.143. The smallest absolute Gasteiger partial charge is 0.335 e. The Kier molecular flexibility index (Phi) is 4.10. The largest absolute Gasteiger partial charge is 0.430 e. The number of amides is 1. The van der Waals surface area contributed by atoms with E-state index in [1.807, 2.05) is 24.3 Å². The number of nitrogens with two attached hydrogens (primary N) is 1. The molecule has 0 spiro atoms. The van der Waals surface area contributed by atoms with E-state index in [9.17, 15) is 9.59 Å². The molecule has 98 valence electrons. The zero-order valence-electron chi connectivity index (χ0n) is 10.3. The molecule has 0 bridgehead atoms. The van der Waals surface area contributed by atoms with E-state index in [0.29, 0.717) is 18.7 Å². The van der Waals surface area contributed by atoms with Crippen LogP contribution in [0.25, 0.3) is 0 Å². The Bertz CT molecular complexity index is 597. The van der Waals surface area contributed by atoms with Crippen molar-refractivity contribution in [3.63, 3.8) is 0 Å². The minimum Gasteiger partial charge on any atom is -0.430 e. The third-order valence-corrected chi connectivity index (χ3v) is 2.67. The molecule has 0 radical (unpaired) electrons. The maximum absolute atomic E-state index is 11.8. The topological polar surface area (TPSA) is 85.3 Å². The Morgan fingerprint density at radius 3 is 2.37 bits per heavy atom. The van der Waals surface area contributed by atoms with Crippen molar-refractivity contribution in [3.8, 4) is 0 Å². The first kappa shape index (κ1) is 13.0. The lowest BCUT2D eigenvalue weighted by molar-refractivity contribution is 0.0948. The molecule has 0 atom stereocenters. The maximum atomic E-state index is 11.8. The second kappa shape index (κ2) is 5.97. The third-order valence-electron chi connectivity index (χ3n) is 2.67. The summed E-state index contributed by atoms with van der Waals surface area (Å²) >= 11 is 0. The molecule has 0 aliphatic carbocycles. The van der Waals surface area contributed by atoms with Gasteiger partial charge in [0.1, 0.15) is 6.26 Å². The molecule has 5 heteroatoms. The molecule has 0 saturated carbocycles. The Balaban J connectivity index is 1.96. The summed E-state index contributed by atoms with van der Waals surface area (Å²) in [6.45, 7) is 0.901. The molecule has 3 N–H and O–H groups in total. The van der Waals surface area contributed by atoms with Gasteiger partial charge in [0, 0.05) is 19.2 Å². The number of carbonyl (C=O) groups excluding carboxylic acids is 1. The summed E-state index contributed by atoms with van der Waals surface area (Å²) in [6, 6.07) is 10.3. The molecule has 1 aromatic heterocycles. The van der Waals surface area contributed by atoms with E-state index in [0.717, 1.165) is 17.4 Å². The first-order valence-electron chi connectivity index (χ1n) is 5.84. The van der Waals surface area contributed by atoms with Gasteiger partial charge in [0.2, 0.25) is 0 Å². The van der Waals surface area contributed by atoms with Crippen molar-refractivity contribution in [1.82, 2.24) is 5.32 Å². The molecule has 0 fully saturated rings. The number of nitrogens with one attached hydrogen (secondary N) is 1. The van der Waals surface area contributed by atoms with Gasteiger partial charge in [-0.1, -0.05) is 24.3 Å². The summed E-state index contributed by atoms with van der Waals surface area (Å²) < 4.78 is 4.63. The van der Waals surface area contributed by atoms with E-state index >= 15 is 0 Å². The molecule has 19 heavy (non-hydrogen) atoms. The van der Waals surface area contributed by atoms with Crippen molar-refractivity contribution in [1.29, 1.82) is 0 Å². The minimum atomic E-state index is -0.478. The number of hydrogen-bond acceptors (Lipinski definition) is 4. The summed E-state index contributed by atoms with van der Waals surface area (Å²) in [7, 11) is 0. The van der Waals surface area contributed by atoms with Crippen LogP contribution < -0.4 is 16.7 Å².